The fraction of sp³-hybridized carbons (Fsp3) is 0.333. The molecule has 1 aromatic rings. The van der Waals surface area contributed by atoms with Crippen LogP contribution in [0.4, 0.5) is 4.79 Å². The van der Waals surface area contributed by atoms with Gasteiger partial charge in [-0.3, -0.25) is 0 Å². The maximum atomic E-state index is 10.9. The van der Waals surface area contributed by atoms with Crippen LogP contribution in [0.1, 0.15) is 5.69 Å². The normalized spacial score (nSPS) is 10.2. The molecule has 0 spiro atoms. The fourth-order valence-electron chi connectivity index (χ4n) is 1.13. The Bertz CT molecular complexity index is 512. The number of nitrogens with two attached hydrogens (primary N) is 1. The van der Waals surface area contributed by atoms with Crippen LogP contribution >= 0.6 is 0 Å². The van der Waals surface area contributed by atoms with Crippen molar-refractivity contribution in [3.8, 4) is 23.0 Å². The third-order valence-electron chi connectivity index (χ3n) is 1.85. The number of aromatic nitrogens is 1. The predicted octanol–water partition coefficient (Wildman–Crippen LogP) is 1.78. The van der Waals surface area contributed by atoms with E-state index in [1.165, 1.54) is 7.11 Å². The van der Waals surface area contributed by atoms with Gasteiger partial charge in [-0.05, 0) is 5.92 Å². The maximum absolute atomic E-state index is 10.9. The summed E-state index contributed by atoms with van der Waals surface area (Å²) in [5, 5.41) is 0. The highest BCUT2D eigenvalue weighted by atomic mass is 28.3. The molecule has 0 aliphatic carbocycles. The van der Waals surface area contributed by atoms with Gasteiger partial charge in [-0.1, -0.05) is 19.6 Å². The van der Waals surface area contributed by atoms with Gasteiger partial charge in [-0.25, -0.2) is 9.78 Å². The SMILES string of the molecule is COc1ccnc(C#C[Si](C)(C)C)c1OC(N)=O. The molecule has 1 heterocycles. The third-order valence-corrected chi connectivity index (χ3v) is 2.72. The Morgan fingerprint density at radius 2 is 2.11 bits per heavy atom. The highest BCUT2D eigenvalue weighted by molar-refractivity contribution is 6.83. The zero-order chi connectivity index (χ0) is 13.8. The lowest BCUT2D eigenvalue weighted by Gasteiger charge is -2.09. The summed E-state index contributed by atoms with van der Waals surface area (Å²) in [4.78, 5) is 14.9. The first-order valence-electron chi connectivity index (χ1n) is 5.37. The van der Waals surface area contributed by atoms with Crippen LogP contribution < -0.4 is 15.2 Å². The van der Waals surface area contributed by atoms with E-state index in [1.54, 1.807) is 12.3 Å². The summed E-state index contributed by atoms with van der Waals surface area (Å²) in [5.41, 5.74) is 8.51. The third kappa shape index (κ3) is 4.11. The second-order valence-corrected chi connectivity index (χ2v) is 9.36. The lowest BCUT2D eigenvalue weighted by Crippen LogP contribution is -2.18. The second-order valence-electron chi connectivity index (χ2n) is 4.61. The first-order chi connectivity index (χ1) is 8.33. The smallest absolute Gasteiger partial charge is 0.410 e. The van der Waals surface area contributed by atoms with E-state index in [-0.39, 0.29) is 5.75 Å². The standard InChI is InChI=1S/C12H16N2O3Si/c1-16-10-5-7-14-9(6-8-18(2,3)4)11(10)17-12(13)15/h5,7H,1-4H3,(H2,13,15). The minimum absolute atomic E-state index is 0.165. The number of hydrogen-bond donors (Lipinski definition) is 1. The van der Waals surface area contributed by atoms with Gasteiger partial charge < -0.3 is 15.2 Å². The van der Waals surface area contributed by atoms with Gasteiger partial charge in [-0.15, -0.1) is 5.54 Å². The Labute approximate surface area is 107 Å². The number of hydrogen-bond acceptors (Lipinski definition) is 4. The van der Waals surface area contributed by atoms with Crippen molar-refractivity contribution >= 4 is 14.2 Å². The van der Waals surface area contributed by atoms with Crippen LogP contribution in [0.15, 0.2) is 12.3 Å². The molecule has 0 aliphatic rings. The summed E-state index contributed by atoms with van der Waals surface area (Å²) >= 11 is 0. The number of rotatable bonds is 2. The van der Waals surface area contributed by atoms with Gasteiger partial charge in [0, 0.05) is 12.3 Å². The Kier molecular flexibility index (Phi) is 4.34. The first-order valence-corrected chi connectivity index (χ1v) is 8.87. The largest absolute Gasteiger partial charge is 0.493 e. The van der Waals surface area contributed by atoms with Crippen molar-refractivity contribution in [2.75, 3.05) is 7.11 Å². The molecule has 96 valence electrons. The van der Waals surface area contributed by atoms with Gasteiger partial charge in [0.2, 0.25) is 5.75 Å². The highest BCUT2D eigenvalue weighted by Gasteiger charge is 2.14. The number of nitrogens with zero attached hydrogens (tertiary/aromatic N) is 1. The van der Waals surface area contributed by atoms with Gasteiger partial charge in [0.1, 0.15) is 8.07 Å². The topological polar surface area (TPSA) is 74.4 Å². The van der Waals surface area contributed by atoms with Gasteiger partial charge in [-0.2, -0.15) is 0 Å². The van der Waals surface area contributed by atoms with E-state index in [0.717, 1.165) is 0 Å². The van der Waals surface area contributed by atoms with Gasteiger partial charge >= 0.3 is 6.09 Å². The van der Waals surface area contributed by atoms with E-state index < -0.39 is 14.2 Å². The number of amides is 1. The van der Waals surface area contributed by atoms with Crippen LogP contribution in [0.3, 0.4) is 0 Å². The van der Waals surface area contributed by atoms with E-state index in [4.69, 9.17) is 15.2 Å². The Morgan fingerprint density at radius 1 is 1.44 bits per heavy atom. The van der Waals surface area contributed by atoms with Crippen LogP contribution in [-0.4, -0.2) is 26.3 Å². The minimum atomic E-state index is -1.54. The molecule has 0 bridgehead atoms. The molecule has 0 atom stereocenters. The molecular formula is C12H16N2O3Si. The quantitative estimate of drug-likeness (QED) is 0.652. The number of primary amides is 1. The number of carbonyl (C=O) groups excluding carboxylic acids is 1. The van der Waals surface area contributed by atoms with Crippen molar-refractivity contribution in [2.24, 2.45) is 5.73 Å². The van der Waals surface area contributed by atoms with Crippen molar-refractivity contribution in [1.29, 1.82) is 0 Å². The van der Waals surface area contributed by atoms with E-state index in [9.17, 15) is 4.79 Å². The van der Waals surface area contributed by atoms with Crippen LogP contribution in [0.2, 0.25) is 19.6 Å². The monoisotopic (exact) mass is 264 g/mol. The number of methoxy groups -OCH3 is 1. The summed E-state index contributed by atoms with van der Waals surface area (Å²) in [6.07, 6.45) is 0.623. The van der Waals surface area contributed by atoms with Crippen molar-refractivity contribution < 1.29 is 14.3 Å². The molecule has 0 saturated heterocycles. The molecular weight excluding hydrogens is 248 g/mol. The van der Waals surface area contributed by atoms with E-state index >= 15 is 0 Å². The summed E-state index contributed by atoms with van der Waals surface area (Å²) < 4.78 is 9.99. The van der Waals surface area contributed by atoms with Crippen LogP contribution in [-0.2, 0) is 0 Å². The lowest BCUT2D eigenvalue weighted by atomic mass is 10.3. The number of pyridine rings is 1. The fourth-order valence-corrected chi connectivity index (χ4v) is 1.62. The average molecular weight is 264 g/mol. The number of carbonyl (C=O) groups is 1. The van der Waals surface area contributed by atoms with E-state index in [2.05, 4.69) is 36.1 Å². The van der Waals surface area contributed by atoms with Gasteiger partial charge in [0.05, 0.1) is 7.11 Å². The molecule has 0 radical (unpaired) electrons. The second kappa shape index (κ2) is 5.56. The van der Waals surface area contributed by atoms with Crippen LogP contribution in [0.5, 0.6) is 11.5 Å². The zero-order valence-electron chi connectivity index (χ0n) is 10.9. The average Bonchev–Trinajstić information content (AvgIpc) is 2.25. The molecule has 1 rings (SSSR count). The molecule has 2 N–H and O–H groups in total. The Balaban J connectivity index is 3.25. The van der Waals surface area contributed by atoms with Crippen molar-refractivity contribution in [1.82, 2.24) is 4.98 Å². The van der Waals surface area contributed by atoms with Crippen molar-refractivity contribution in [3.63, 3.8) is 0 Å². The summed E-state index contributed by atoms with van der Waals surface area (Å²) in [6, 6.07) is 1.58. The molecule has 0 saturated carbocycles. The molecule has 1 aromatic heterocycles. The van der Waals surface area contributed by atoms with Gasteiger partial charge in [0.25, 0.3) is 0 Å². The molecule has 6 heteroatoms. The Morgan fingerprint density at radius 3 is 2.61 bits per heavy atom. The zero-order valence-corrected chi connectivity index (χ0v) is 11.9. The molecule has 5 nitrogen and oxygen atoms in total. The van der Waals surface area contributed by atoms with Crippen molar-refractivity contribution in [3.05, 3.63) is 18.0 Å². The maximum Gasteiger partial charge on any atom is 0.410 e. The predicted molar refractivity (Wildman–Crippen MR) is 71.2 cm³/mol. The highest BCUT2D eigenvalue weighted by Crippen LogP contribution is 2.28. The van der Waals surface area contributed by atoms with Crippen LogP contribution in [0.25, 0.3) is 0 Å². The van der Waals surface area contributed by atoms with Crippen molar-refractivity contribution in [2.45, 2.75) is 19.6 Å². The lowest BCUT2D eigenvalue weighted by molar-refractivity contribution is 0.208. The molecule has 1 amide bonds. The molecule has 0 unspecified atom stereocenters. The molecule has 18 heavy (non-hydrogen) atoms. The molecule has 0 aromatic carbocycles. The van der Waals surface area contributed by atoms with Crippen LogP contribution in [0, 0.1) is 11.5 Å². The Hall–Kier alpha value is -2.00. The number of ether oxygens (including phenoxy) is 2. The van der Waals surface area contributed by atoms with Gasteiger partial charge in [0.15, 0.2) is 11.4 Å². The molecule has 0 fully saturated rings. The minimum Gasteiger partial charge on any atom is -0.493 e. The summed E-state index contributed by atoms with van der Waals surface area (Å²) in [5.74, 6) is 3.46. The summed E-state index contributed by atoms with van der Waals surface area (Å²) in [6.45, 7) is 6.32. The van der Waals surface area contributed by atoms with E-state index in [1.807, 2.05) is 0 Å². The summed E-state index contributed by atoms with van der Waals surface area (Å²) in [7, 11) is -0.0730. The first kappa shape index (κ1) is 14.1. The molecule has 0 aliphatic heterocycles. The van der Waals surface area contributed by atoms with E-state index in [0.29, 0.717) is 11.4 Å².